The van der Waals surface area contributed by atoms with Gasteiger partial charge in [-0.15, -0.1) is 0 Å². The number of ether oxygens (including phenoxy) is 3. The van der Waals surface area contributed by atoms with E-state index in [1.807, 2.05) is 0 Å². The molecule has 4 aliphatic rings. The van der Waals surface area contributed by atoms with E-state index in [9.17, 15) is 4.79 Å². The van der Waals surface area contributed by atoms with Crippen molar-refractivity contribution in [3.05, 3.63) is 0 Å². The molecule has 0 aromatic heterocycles. The summed E-state index contributed by atoms with van der Waals surface area (Å²) in [5.74, 6) is 1.85. The SMILES string of the molecule is CC1CCC(CC23OC(=O)OC2C2OC2CC3C)CC1. The minimum Gasteiger partial charge on any atom is -0.424 e. The van der Waals surface area contributed by atoms with E-state index in [0.717, 1.165) is 18.8 Å². The van der Waals surface area contributed by atoms with Crippen molar-refractivity contribution in [1.82, 2.24) is 0 Å². The molecule has 2 saturated carbocycles. The molecule has 4 rings (SSSR count). The zero-order valence-electron chi connectivity index (χ0n) is 12.3. The van der Waals surface area contributed by atoms with Gasteiger partial charge in [0, 0.05) is 5.92 Å². The third-order valence-corrected chi connectivity index (χ3v) is 6.06. The first-order chi connectivity index (χ1) is 9.58. The maximum Gasteiger partial charge on any atom is 0.509 e. The second-order valence-corrected chi connectivity index (χ2v) is 7.45. The Morgan fingerprint density at radius 3 is 2.70 bits per heavy atom. The number of carbonyl (C=O) groups excluding carboxylic acids is 1. The second-order valence-electron chi connectivity index (χ2n) is 7.45. The fourth-order valence-corrected chi connectivity index (χ4v) is 4.67. The van der Waals surface area contributed by atoms with E-state index in [2.05, 4.69) is 13.8 Å². The van der Waals surface area contributed by atoms with Crippen molar-refractivity contribution in [2.75, 3.05) is 0 Å². The van der Waals surface area contributed by atoms with Crippen molar-refractivity contribution in [2.24, 2.45) is 17.8 Å². The van der Waals surface area contributed by atoms with Crippen LogP contribution in [0.2, 0.25) is 0 Å². The molecule has 5 unspecified atom stereocenters. The van der Waals surface area contributed by atoms with Crippen molar-refractivity contribution in [2.45, 2.75) is 76.3 Å². The average molecular weight is 280 g/mol. The highest BCUT2D eigenvalue weighted by atomic mass is 16.8. The lowest BCUT2D eigenvalue weighted by Gasteiger charge is -2.41. The molecule has 4 heteroatoms. The van der Waals surface area contributed by atoms with Crippen molar-refractivity contribution < 1.29 is 19.0 Å². The summed E-state index contributed by atoms with van der Waals surface area (Å²) in [4.78, 5) is 11.7. The highest BCUT2D eigenvalue weighted by molar-refractivity contribution is 5.64. The Bertz CT molecular complexity index is 415. The number of hydrogen-bond acceptors (Lipinski definition) is 4. The molecule has 2 heterocycles. The van der Waals surface area contributed by atoms with Crippen LogP contribution in [0.15, 0.2) is 0 Å². The molecule has 2 aliphatic heterocycles. The van der Waals surface area contributed by atoms with Gasteiger partial charge in [-0.3, -0.25) is 0 Å². The fourth-order valence-electron chi connectivity index (χ4n) is 4.67. The van der Waals surface area contributed by atoms with Crippen LogP contribution < -0.4 is 0 Å². The molecule has 0 amide bonds. The zero-order valence-corrected chi connectivity index (χ0v) is 12.3. The summed E-state index contributed by atoms with van der Waals surface area (Å²) in [5.41, 5.74) is -0.417. The monoisotopic (exact) mass is 280 g/mol. The van der Waals surface area contributed by atoms with Crippen molar-refractivity contribution >= 4 is 6.16 Å². The summed E-state index contributed by atoms with van der Waals surface area (Å²) in [6, 6.07) is 0. The molecular formula is C16H24O4. The minimum atomic E-state index is -0.484. The lowest BCUT2D eigenvalue weighted by molar-refractivity contribution is -0.0592. The molecule has 0 aromatic rings. The molecule has 0 bridgehead atoms. The molecule has 20 heavy (non-hydrogen) atoms. The Hall–Kier alpha value is -0.770. The summed E-state index contributed by atoms with van der Waals surface area (Å²) in [7, 11) is 0. The molecule has 2 saturated heterocycles. The second kappa shape index (κ2) is 4.36. The van der Waals surface area contributed by atoms with E-state index in [1.54, 1.807) is 0 Å². The van der Waals surface area contributed by atoms with E-state index >= 15 is 0 Å². The molecule has 5 atom stereocenters. The normalized spacial score (nSPS) is 53.6. The predicted octanol–water partition coefficient (Wildman–Crippen LogP) is 3.28. The van der Waals surface area contributed by atoms with Gasteiger partial charge < -0.3 is 14.2 Å². The van der Waals surface area contributed by atoms with Crippen molar-refractivity contribution in [1.29, 1.82) is 0 Å². The first kappa shape index (κ1) is 12.9. The van der Waals surface area contributed by atoms with Gasteiger partial charge in [0.1, 0.15) is 6.10 Å². The number of fused-ring (bicyclic) bond motifs is 3. The van der Waals surface area contributed by atoms with Gasteiger partial charge in [-0.05, 0) is 24.7 Å². The number of epoxide rings is 1. The smallest absolute Gasteiger partial charge is 0.424 e. The first-order valence-corrected chi connectivity index (χ1v) is 8.13. The van der Waals surface area contributed by atoms with Gasteiger partial charge in [0.15, 0.2) is 11.7 Å². The summed E-state index contributed by atoms with van der Waals surface area (Å²) in [6.45, 7) is 4.53. The van der Waals surface area contributed by atoms with Gasteiger partial charge in [0.05, 0.1) is 6.10 Å². The van der Waals surface area contributed by atoms with Crippen LogP contribution in [0, 0.1) is 17.8 Å². The maximum atomic E-state index is 11.7. The summed E-state index contributed by atoms with van der Waals surface area (Å²) in [6.07, 6.45) is 6.83. The van der Waals surface area contributed by atoms with Gasteiger partial charge in [-0.1, -0.05) is 39.5 Å². The van der Waals surface area contributed by atoms with Gasteiger partial charge in [0.25, 0.3) is 0 Å². The van der Waals surface area contributed by atoms with E-state index in [0.29, 0.717) is 17.9 Å². The van der Waals surface area contributed by atoms with Crippen LogP contribution in [0.4, 0.5) is 4.79 Å². The third kappa shape index (κ3) is 1.87. The lowest BCUT2D eigenvalue weighted by Crippen LogP contribution is -2.53. The van der Waals surface area contributed by atoms with Crippen molar-refractivity contribution in [3.8, 4) is 0 Å². The van der Waals surface area contributed by atoms with Crippen LogP contribution in [0.25, 0.3) is 0 Å². The number of rotatable bonds is 2. The maximum absolute atomic E-state index is 11.7. The van der Waals surface area contributed by atoms with Crippen LogP contribution >= 0.6 is 0 Å². The average Bonchev–Trinajstić information content (AvgIpc) is 3.08. The molecule has 0 N–H and O–H groups in total. The predicted molar refractivity (Wildman–Crippen MR) is 72.3 cm³/mol. The van der Waals surface area contributed by atoms with Gasteiger partial charge in [-0.25, -0.2) is 4.79 Å². The molecule has 0 radical (unpaired) electrons. The molecular weight excluding hydrogens is 256 g/mol. The Kier molecular flexibility index (Phi) is 2.82. The first-order valence-electron chi connectivity index (χ1n) is 8.13. The quantitative estimate of drug-likeness (QED) is 0.575. The fraction of sp³-hybridized carbons (Fsp3) is 0.938. The standard InChI is InChI=1S/C16H24O4/c1-9-3-5-11(6-4-9)8-16-10(2)7-12-13(18-12)14(16)19-15(17)20-16/h9-14H,3-8H2,1-2H3. The highest BCUT2D eigenvalue weighted by Gasteiger charge is 2.68. The molecule has 4 nitrogen and oxygen atoms in total. The van der Waals surface area contributed by atoms with E-state index < -0.39 is 11.8 Å². The van der Waals surface area contributed by atoms with Crippen molar-refractivity contribution in [3.63, 3.8) is 0 Å². The third-order valence-electron chi connectivity index (χ3n) is 6.06. The summed E-state index contributed by atoms with van der Waals surface area (Å²) < 4.78 is 16.9. The Labute approximate surface area is 120 Å². The van der Waals surface area contributed by atoms with E-state index in [-0.39, 0.29) is 12.2 Å². The lowest BCUT2D eigenvalue weighted by atomic mass is 9.67. The Morgan fingerprint density at radius 1 is 1.20 bits per heavy atom. The number of hydrogen-bond donors (Lipinski definition) is 0. The number of carbonyl (C=O) groups is 1. The molecule has 4 fully saturated rings. The van der Waals surface area contributed by atoms with Crippen LogP contribution in [-0.2, 0) is 14.2 Å². The van der Waals surface area contributed by atoms with E-state index in [4.69, 9.17) is 14.2 Å². The van der Waals surface area contributed by atoms with Crippen LogP contribution in [0.1, 0.15) is 52.4 Å². The van der Waals surface area contributed by atoms with Crippen LogP contribution in [0.3, 0.4) is 0 Å². The van der Waals surface area contributed by atoms with Crippen LogP contribution in [-0.4, -0.2) is 30.1 Å². The minimum absolute atomic E-state index is 0.0974. The molecule has 0 spiro atoms. The Morgan fingerprint density at radius 2 is 1.95 bits per heavy atom. The van der Waals surface area contributed by atoms with E-state index in [1.165, 1.54) is 25.7 Å². The van der Waals surface area contributed by atoms with Gasteiger partial charge in [-0.2, -0.15) is 0 Å². The van der Waals surface area contributed by atoms with Crippen LogP contribution in [0.5, 0.6) is 0 Å². The summed E-state index contributed by atoms with van der Waals surface area (Å²) >= 11 is 0. The molecule has 0 aromatic carbocycles. The summed E-state index contributed by atoms with van der Waals surface area (Å²) in [5, 5.41) is 0. The van der Waals surface area contributed by atoms with Gasteiger partial charge >= 0.3 is 6.16 Å². The Balaban J connectivity index is 1.54. The largest absolute Gasteiger partial charge is 0.509 e. The zero-order chi connectivity index (χ0) is 13.9. The topological polar surface area (TPSA) is 48.1 Å². The molecule has 112 valence electrons. The molecule has 2 aliphatic carbocycles. The highest BCUT2D eigenvalue weighted by Crippen LogP contribution is 2.54. The van der Waals surface area contributed by atoms with Gasteiger partial charge in [0.2, 0.25) is 0 Å².